The van der Waals surface area contributed by atoms with Crippen molar-refractivity contribution in [3.8, 4) is 11.6 Å². The van der Waals surface area contributed by atoms with Gasteiger partial charge < -0.3 is 4.52 Å². The summed E-state index contributed by atoms with van der Waals surface area (Å²) in [6.45, 7) is 2.58. The van der Waals surface area contributed by atoms with Gasteiger partial charge in [-0.15, -0.1) is 0 Å². The van der Waals surface area contributed by atoms with Crippen molar-refractivity contribution in [3.63, 3.8) is 0 Å². The second-order valence-corrected chi connectivity index (χ2v) is 6.46. The van der Waals surface area contributed by atoms with Gasteiger partial charge in [0.1, 0.15) is 5.69 Å². The quantitative estimate of drug-likeness (QED) is 0.691. The van der Waals surface area contributed by atoms with E-state index < -0.39 is 0 Å². The van der Waals surface area contributed by atoms with Gasteiger partial charge in [-0.05, 0) is 36.8 Å². The molecule has 1 aliphatic carbocycles. The third kappa shape index (κ3) is 3.24. The van der Waals surface area contributed by atoms with Crippen molar-refractivity contribution in [2.45, 2.75) is 38.6 Å². The molecule has 0 bridgehead atoms. The van der Waals surface area contributed by atoms with Crippen LogP contribution in [-0.2, 0) is 6.54 Å². The molecule has 1 atom stereocenters. The Labute approximate surface area is 145 Å². The SMILES string of the molecule is CCCn1nc(-c2nc([C@H](c3ccccc3)C3CC3)no2)ccc1=O. The van der Waals surface area contributed by atoms with Gasteiger partial charge in [0.05, 0.1) is 5.92 Å². The summed E-state index contributed by atoms with van der Waals surface area (Å²) in [6.07, 6.45) is 3.20. The Morgan fingerprint density at radius 2 is 2.00 bits per heavy atom. The Hall–Kier alpha value is -2.76. The summed E-state index contributed by atoms with van der Waals surface area (Å²) in [5, 5.41) is 8.56. The third-order valence-corrected chi connectivity index (χ3v) is 4.49. The molecule has 0 spiro atoms. The van der Waals surface area contributed by atoms with Crippen molar-refractivity contribution in [3.05, 3.63) is 64.2 Å². The van der Waals surface area contributed by atoms with Crippen LogP contribution < -0.4 is 5.56 Å². The lowest BCUT2D eigenvalue weighted by Crippen LogP contribution is -2.22. The third-order valence-electron chi connectivity index (χ3n) is 4.49. The maximum atomic E-state index is 11.8. The van der Waals surface area contributed by atoms with Gasteiger partial charge in [-0.1, -0.05) is 42.4 Å². The number of rotatable bonds is 6. The largest absolute Gasteiger partial charge is 0.332 e. The van der Waals surface area contributed by atoms with Crippen LogP contribution in [0.1, 0.15) is 43.5 Å². The van der Waals surface area contributed by atoms with Crippen LogP contribution in [0.5, 0.6) is 0 Å². The van der Waals surface area contributed by atoms with Crippen molar-refractivity contribution < 1.29 is 4.52 Å². The Morgan fingerprint density at radius 1 is 1.20 bits per heavy atom. The zero-order chi connectivity index (χ0) is 17.2. The standard InChI is InChI=1S/C19H20N4O2/c1-2-12-23-16(24)11-10-15(21-23)19-20-18(22-25-19)17(14-8-9-14)13-6-4-3-5-7-13/h3-7,10-11,14,17H,2,8-9,12H2,1H3/t17-/m1/s1. The fourth-order valence-corrected chi connectivity index (χ4v) is 3.12. The Balaban J connectivity index is 1.68. The summed E-state index contributed by atoms with van der Waals surface area (Å²) >= 11 is 0. The lowest BCUT2D eigenvalue weighted by molar-refractivity contribution is 0.413. The molecule has 0 aliphatic heterocycles. The maximum Gasteiger partial charge on any atom is 0.278 e. The number of nitrogens with zero attached hydrogens (tertiary/aromatic N) is 4. The van der Waals surface area contributed by atoms with Crippen molar-refractivity contribution in [1.82, 2.24) is 19.9 Å². The Bertz CT molecular complexity index is 912. The fraction of sp³-hybridized carbons (Fsp3) is 0.368. The number of hydrogen-bond donors (Lipinski definition) is 0. The second kappa shape index (κ2) is 6.63. The average molecular weight is 336 g/mol. The molecule has 128 valence electrons. The van der Waals surface area contributed by atoms with Crippen LogP contribution in [0, 0.1) is 5.92 Å². The zero-order valence-corrected chi connectivity index (χ0v) is 14.1. The highest BCUT2D eigenvalue weighted by Gasteiger charge is 2.36. The van der Waals surface area contributed by atoms with Crippen LogP contribution in [0.2, 0.25) is 0 Å². The van der Waals surface area contributed by atoms with Gasteiger partial charge in [-0.2, -0.15) is 10.1 Å². The summed E-state index contributed by atoms with van der Waals surface area (Å²) < 4.78 is 6.90. The molecule has 2 heterocycles. The second-order valence-electron chi connectivity index (χ2n) is 6.46. The van der Waals surface area contributed by atoms with Crippen LogP contribution in [0.4, 0.5) is 0 Å². The number of hydrogen-bond acceptors (Lipinski definition) is 5. The first-order valence-corrected chi connectivity index (χ1v) is 8.73. The van der Waals surface area contributed by atoms with Crippen molar-refractivity contribution >= 4 is 0 Å². The van der Waals surface area contributed by atoms with Crippen molar-refractivity contribution in [2.75, 3.05) is 0 Å². The van der Waals surface area contributed by atoms with Gasteiger partial charge in [-0.3, -0.25) is 4.79 Å². The molecule has 0 N–H and O–H groups in total. The predicted molar refractivity (Wildman–Crippen MR) is 93.1 cm³/mol. The van der Waals surface area contributed by atoms with Crippen LogP contribution >= 0.6 is 0 Å². The molecular formula is C19H20N4O2. The van der Waals surface area contributed by atoms with Crippen LogP contribution in [0.3, 0.4) is 0 Å². The first-order valence-electron chi connectivity index (χ1n) is 8.73. The van der Waals surface area contributed by atoms with E-state index in [-0.39, 0.29) is 11.5 Å². The maximum absolute atomic E-state index is 11.8. The normalized spacial score (nSPS) is 15.2. The van der Waals surface area contributed by atoms with Crippen LogP contribution in [0.15, 0.2) is 51.8 Å². The van der Waals surface area contributed by atoms with E-state index in [0.717, 1.165) is 6.42 Å². The highest BCUT2D eigenvalue weighted by molar-refractivity contribution is 5.45. The Morgan fingerprint density at radius 3 is 2.72 bits per heavy atom. The molecule has 0 radical (unpaired) electrons. The number of aryl methyl sites for hydroxylation is 1. The van der Waals surface area contributed by atoms with Gasteiger partial charge >= 0.3 is 0 Å². The van der Waals surface area contributed by atoms with E-state index in [9.17, 15) is 4.79 Å². The summed E-state index contributed by atoms with van der Waals surface area (Å²) in [5.41, 5.74) is 1.63. The van der Waals surface area contributed by atoms with E-state index in [1.54, 1.807) is 6.07 Å². The molecule has 25 heavy (non-hydrogen) atoms. The fourth-order valence-electron chi connectivity index (χ4n) is 3.12. The first kappa shape index (κ1) is 15.7. The molecule has 3 aromatic rings. The van der Waals surface area contributed by atoms with Crippen molar-refractivity contribution in [2.24, 2.45) is 5.92 Å². The van der Waals surface area contributed by atoms with E-state index >= 15 is 0 Å². The average Bonchev–Trinajstić information content (AvgIpc) is 3.35. The minimum Gasteiger partial charge on any atom is -0.332 e. The highest BCUT2D eigenvalue weighted by atomic mass is 16.5. The molecule has 0 amide bonds. The van der Waals surface area contributed by atoms with E-state index in [1.165, 1.54) is 29.2 Å². The summed E-state index contributed by atoms with van der Waals surface area (Å²) in [7, 11) is 0. The molecule has 6 heteroatoms. The van der Waals surface area contributed by atoms with E-state index in [4.69, 9.17) is 4.52 Å². The van der Waals surface area contributed by atoms with E-state index in [0.29, 0.717) is 29.9 Å². The molecule has 0 saturated heterocycles. The summed E-state index contributed by atoms with van der Waals surface area (Å²) in [4.78, 5) is 16.4. The van der Waals surface area contributed by atoms with E-state index in [2.05, 4.69) is 27.4 Å². The molecule has 0 unspecified atom stereocenters. The molecule has 4 rings (SSSR count). The topological polar surface area (TPSA) is 73.8 Å². The molecule has 1 aromatic carbocycles. The zero-order valence-electron chi connectivity index (χ0n) is 14.1. The first-order chi connectivity index (χ1) is 12.3. The molecule has 6 nitrogen and oxygen atoms in total. The van der Waals surface area contributed by atoms with Crippen molar-refractivity contribution in [1.29, 1.82) is 0 Å². The summed E-state index contributed by atoms with van der Waals surface area (Å²) in [6, 6.07) is 13.4. The number of aromatic nitrogens is 4. The van der Waals surface area contributed by atoms with Gasteiger partial charge in [0.2, 0.25) is 0 Å². The van der Waals surface area contributed by atoms with Gasteiger partial charge in [-0.25, -0.2) is 4.68 Å². The molecule has 2 aromatic heterocycles. The lowest BCUT2D eigenvalue weighted by atomic mass is 9.93. The molecular weight excluding hydrogens is 316 g/mol. The van der Waals surface area contributed by atoms with Gasteiger partial charge in [0.15, 0.2) is 5.82 Å². The highest BCUT2D eigenvalue weighted by Crippen LogP contribution is 2.45. The minimum atomic E-state index is -0.120. The molecule has 1 aliphatic rings. The lowest BCUT2D eigenvalue weighted by Gasteiger charge is -2.11. The van der Waals surface area contributed by atoms with Crippen LogP contribution in [0.25, 0.3) is 11.6 Å². The molecule has 1 fully saturated rings. The van der Waals surface area contributed by atoms with E-state index in [1.807, 2.05) is 25.1 Å². The predicted octanol–water partition coefficient (Wildman–Crippen LogP) is 3.25. The van der Waals surface area contributed by atoms with Gasteiger partial charge in [0.25, 0.3) is 11.4 Å². The van der Waals surface area contributed by atoms with Gasteiger partial charge in [0, 0.05) is 12.6 Å². The summed E-state index contributed by atoms with van der Waals surface area (Å²) in [5.74, 6) is 1.77. The monoisotopic (exact) mass is 336 g/mol. The Kier molecular flexibility index (Phi) is 4.17. The smallest absolute Gasteiger partial charge is 0.278 e. The minimum absolute atomic E-state index is 0.120. The molecule has 1 saturated carbocycles. The number of benzene rings is 1. The van der Waals surface area contributed by atoms with Crippen LogP contribution in [-0.4, -0.2) is 19.9 Å².